The summed E-state index contributed by atoms with van der Waals surface area (Å²) in [6.45, 7) is 3.23. The van der Waals surface area contributed by atoms with E-state index in [4.69, 9.17) is 4.74 Å². The molecular weight excluding hydrogens is 168 g/mol. The number of phenols is 1. The van der Waals surface area contributed by atoms with Gasteiger partial charge in [-0.3, -0.25) is 4.79 Å². The van der Waals surface area contributed by atoms with E-state index >= 15 is 0 Å². The largest absolute Gasteiger partial charge is 0.504 e. The summed E-state index contributed by atoms with van der Waals surface area (Å²) in [7, 11) is 1.46. The predicted molar refractivity (Wildman–Crippen MR) is 49.4 cm³/mol. The molecule has 0 saturated carbocycles. The second kappa shape index (κ2) is 3.47. The van der Waals surface area contributed by atoms with Crippen LogP contribution in [0, 0.1) is 6.92 Å². The van der Waals surface area contributed by atoms with Gasteiger partial charge in [-0.25, -0.2) is 0 Å². The molecule has 0 amide bonds. The van der Waals surface area contributed by atoms with Gasteiger partial charge in [0.05, 0.1) is 7.11 Å². The Kier molecular flexibility index (Phi) is 2.56. The van der Waals surface area contributed by atoms with Gasteiger partial charge >= 0.3 is 0 Å². The second-order valence-electron chi connectivity index (χ2n) is 2.85. The van der Waals surface area contributed by atoms with Gasteiger partial charge in [-0.1, -0.05) is 0 Å². The monoisotopic (exact) mass is 180 g/mol. The molecule has 1 aromatic carbocycles. The highest BCUT2D eigenvalue weighted by atomic mass is 16.5. The molecule has 13 heavy (non-hydrogen) atoms. The quantitative estimate of drug-likeness (QED) is 0.707. The Balaban J connectivity index is 3.35. The fraction of sp³-hybridized carbons (Fsp3) is 0.300. The van der Waals surface area contributed by atoms with Gasteiger partial charge in [-0.2, -0.15) is 0 Å². The number of phenolic OH excluding ortho intramolecular Hbond substituents is 1. The Labute approximate surface area is 77.0 Å². The summed E-state index contributed by atoms with van der Waals surface area (Å²) in [6, 6.07) is 3.05. The Morgan fingerprint density at radius 2 is 2.08 bits per heavy atom. The van der Waals surface area contributed by atoms with E-state index in [9.17, 15) is 9.90 Å². The molecule has 0 aromatic heterocycles. The maximum absolute atomic E-state index is 11.1. The zero-order valence-electron chi connectivity index (χ0n) is 7.92. The summed E-state index contributed by atoms with van der Waals surface area (Å²) in [5.74, 6) is 0.397. The number of ketones is 1. The zero-order valence-corrected chi connectivity index (χ0v) is 7.92. The lowest BCUT2D eigenvalue weighted by atomic mass is 10.0. The summed E-state index contributed by atoms with van der Waals surface area (Å²) in [5.41, 5.74) is 1.25. The van der Waals surface area contributed by atoms with Crippen LogP contribution in [-0.4, -0.2) is 18.0 Å². The first kappa shape index (κ1) is 9.58. The Hall–Kier alpha value is -1.51. The summed E-state index contributed by atoms with van der Waals surface area (Å²) >= 11 is 0. The minimum atomic E-state index is -0.0317. The molecule has 0 spiro atoms. The van der Waals surface area contributed by atoms with E-state index < -0.39 is 0 Å². The standard InChI is InChI=1S/C10H12O3/c1-6-8(7(2)11)4-5-9(12)10(6)13-3/h4-5,12H,1-3H3. The molecule has 0 bridgehead atoms. The SMILES string of the molecule is COc1c(O)ccc(C(C)=O)c1C. The van der Waals surface area contributed by atoms with Crippen molar-refractivity contribution in [2.75, 3.05) is 7.11 Å². The molecule has 0 saturated heterocycles. The lowest BCUT2D eigenvalue weighted by molar-refractivity contribution is 0.101. The molecule has 0 radical (unpaired) electrons. The normalized spacial score (nSPS) is 9.77. The molecule has 1 aromatic rings. The molecule has 0 aliphatic heterocycles. The minimum Gasteiger partial charge on any atom is -0.504 e. The molecule has 1 N–H and O–H groups in total. The van der Waals surface area contributed by atoms with Gasteiger partial charge in [0.1, 0.15) is 0 Å². The van der Waals surface area contributed by atoms with Crippen molar-refractivity contribution >= 4 is 5.78 Å². The van der Waals surface area contributed by atoms with Crippen molar-refractivity contribution in [1.82, 2.24) is 0 Å². The van der Waals surface area contributed by atoms with Crippen molar-refractivity contribution in [2.24, 2.45) is 0 Å². The van der Waals surface area contributed by atoms with Crippen molar-refractivity contribution in [3.63, 3.8) is 0 Å². The number of Topliss-reactive ketones (excluding diaryl/α,β-unsaturated/α-hetero) is 1. The van der Waals surface area contributed by atoms with Crippen LogP contribution >= 0.6 is 0 Å². The molecule has 70 valence electrons. The Morgan fingerprint density at radius 3 is 2.54 bits per heavy atom. The van der Waals surface area contributed by atoms with Crippen LogP contribution < -0.4 is 4.74 Å². The summed E-state index contributed by atoms with van der Waals surface area (Å²) in [5, 5.41) is 9.36. The van der Waals surface area contributed by atoms with E-state index in [1.807, 2.05) is 0 Å². The van der Waals surface area contributed by atoms with Crippen molar-refractivity contribution in [2.45, 2.75) is 13.8 Å². The lowest BCUT2D eigenvalue weighted by Crippen LogP contribution is -1.98. The van der Waals surface area contributed by atoms with Gasteiger partial charge in [0, 0.05) is 11.1 Å². The number of hydrogen-bond donors (Lipinski definition) is 1. The fourth-order valence-electron chi connectivity index (χ4n) is 1.32. The van der Waals surface area contributed by atoms with Gasteiger partial charge < -0.3 is 9.84 Å². The van der Waals surface area contributed by atoms with Crippen molar-refractivity contribution < 1.29 is 14.6 Å². The average Bonchev–Trinajstić information content (AvgIpc) is 2.04. The highest BCUT2D eigenvalue weighted by Gasteiger charge is 2.11. The van der Waals surface area contributed by atoms with Gasteiger partial charge in [0.2, 0.25) is 0 Å². The molecule has 0 aliphatic rings. The number of carbonyl (C=O) groups excluding carboxylic acids is 1. The second-order valence-corrected chi connectivity index (χ2v) is 2.85. The van der Waals surface area contributed by atoms with E-state index in [1.54, 1.807) is 13.0 Å². The highest BCUT2D eigenvalue weighted by molar-refractivity contribution is 5.96. The molecule has 0 unspecified atom stereocenters. The van der Waals surface area contributed by atoms with E-state index in [2.05, 4.69) is 0 Å². The van der Waals surface area contributed by atoms with Crippen LogP contribution in [-0.2, 0) is 0 Å². The predicted octanol–water partition coefficient (Wildman–Crippen LogP) is 1.91. The van der Waals surface area contributed by atoms with Crippen LogP contribution in [0.5, 0.6) is 11.5 Å². The van der Waals surface area contributed by atoms with Crippen LogP contribution in [0.15, 0.2) is 12.1 Å². The molecule has 3 heteroatoms. The molecule has 1 rings (SSSR count). The van der Waals surface area contributed by atoms with Crippen LogP contribution in [0.4, 0.5) is 0 Å². The first-order valence-electron chi connectivity index (χ1n) is 3.95. The maximum atomic E-state index is 11.1. The van der Waals surface area contributed by atoms with Gasteiger partial charge in [0.25, 0.3) is 0 Å². The first-order valence-corrected chi connectivity index (χ1v) is 3.95. The summed E-state index contributed by atoms with van der Waals surface area (Å²) in [4.78, 5) is 11.1. The summed E-state index contributed by atoms with van der Waals surface area (Å²) in [6.07, 6.45) is 0. The van der Waals surface area contributed by atoms with Crippen molar-refractivity contribution in [1.29, 1.82) is 0 Å². The van der Waals surface area contributed by atoms with E-state index in [1.165, 1.54) is 20.1 Å². The first-order chi connectivity index (χ1) is 6.07. The molecule has 0 heterocycles. The summed E-state index contributed by atoms with van der Waals surface area (Å²) < 4.78 is 4.96. The Bertz CT molecular complexity index is 342. The maximum Gasteiger partial charge on any atom is 0.164 e. The number of aromatic hydroxyl groups is 1. The van der Waals surface area contributed by atoms with E-state index in [0.717, 1.165) is 0 Å². The zero-order chi connectivity index (χ0) is 10.0. The Morgan fingerprint density at radius 1 is 1.46 bits per heavy atom. The lowest BCUT2D eigenvalue weighted by Gasteiger charge is -2.09. The van der Waals surface area contributed by atoms with Crippen LogP contribution in [0.1, 0.15) is 22.8 Å². The third kappa shape index (κ3) is 1.64. The average molecular weight is 180 g/mol. The van der Waals surface area contributed by atoms with Gasteiger partial charge in [-0.15, -0.1) is 0 Å². The number of rotatable bonds is 2. The van der Waals surface area contributed by atoms with Crippen molar-refractivity contribution in [3.05, 3.63) is 23.3 Å². The van der Waals surface area contributed by atoms with Gasteiger partial charge in [-0.05, 0) is 26.0 Å². The molecule has 0 atom stereocenters. The number of benzene rings is 1. The third-order valence-electron chi connectivity index (χ3n) is 1.97. The third-order valence-corrected chi connectivity index (χ3v) is 1.97. The topological polar surface area (TPSA) is 46.5 Å². The fourth-order valence-corrected chi connectivity index (χ4v) is 1.32. The van der Waals surface area contributed by atoms with Crippen LogP contribution in [0.3, 0.4) is 0 Å². The molecule has 0 fully saturated rings. The van der Waals surface area contributed by atoms with E-state index in [-0.39, 0.29) is 11.5 Å². The molecular formula is C10H12O3. The highest BCUT2D eigenvalue weighted by Crippen LogP contribution is 2.31. The van der Waals surface area contributed by atoms with Crippen LogP contribution in [0.2, 0.25) is 0 Å². The number of ether oxygens (including phenoxy) is 1. The molecule has 3 nitrogen and oxygen atoms in total. The number of hydrogen-bond acceptors (Lipinski definition) is 3. The molecule has 0 aliphatic carbocycles. The number of methoxy groups -OCH3 is 1. The van der Waals surface area contributed by atoms with E-state index in [0.29, 0.717) is 16.9 Å². The van der Waals surface area contributed by atoms with Crippen molar-refractivity contribution in [3.8, 4) is 11.5 Å². The minimum absolute atomic E-state index is 0.0317. The van der Waals surface area contributed by atoms with Crippen LogP contribution in [0.25, 0.3) is 0 Å². The smallest absolute Gasteiger partial charge is 0.164 e. The number of carbonyl (C=O) groups is 1. The van der Waals surface area contributed by atoms with Gasteiger partial charge in [0.15, 0.2) is 17.3 Å².